The summed E-state index contributed by atoms with van der Waals surface area (Å²) in [5.41, 5.74) is 1.76. The summed E-state index contributed by atoms with van der Waals surface area (Å²) >= 11 is 15.0. The predicted octanol–water partition coefficient (Wildman–Crippen LogP) is 7.33. The topological polar surface area (TPSA) is 85.3 Å². The summed E-state index contributed by atoms with van der Waals surface area (Å²) in [4.78, 5) is 12.7. The van der Waals surface area contributed by atoms with Crippen LogP contribution in [0.3, 0.4) is 0 Å². The minimum atomic E-state index is -3.72. The van der Waals surface area contributed by atoms with E-state index in [0.717, 1.165) is 5.56 Å². The first kappa shape index (κ1) is 29.9. The Kier molecular flexibility index (Phi) is 10.8. The molecule has 0 bridgehead atoms. The summed E-state index contributed by atoms with van der Waals surface area (Å²) in [6.45, 7) is 1.86. The largest absolute Gasteiger partial charge is 0.289 e. The van der Waals surface area contributed by atoms with Gasteiger partial charge in [-0.15, -0.1) is 0 Å². The van der Waals surface area contributed by atoms with Gasteiger partial charge in [-0.1, -0.05) is 86.5 Å². The molecule has 0 radical (unpaired) electrons. The molecule has 0 N–H and O–H groups in total. The molecule has 12 heteroatoms. The first-order valence-corrected chi connectivity index (χ1v) is 16.5. The summed E-state index contributed by atoms with van der Waals surface area (Å²) < 4.78 is 45.6. The number of aryl methyl sites for hydroxylation is 1. The van der Waals surface area contributed by atoms with E-state index in [-0.39, 0.29) is 10.7 Å². The van der Waals surface area contributed by atoms with Gasteiger partial charge >= 0.3 is 0 Å². The third-order valence-corrected chi connectivity index (χ3v) is 14.0. The predicted molar refractivity (Wildman–Crippen MR) is 153 cm³/mol. The molecule has 0 spiro atoms. The lowest BCUT2D eigenvalue weighted by Crippen LogP contribution is -2.18. The molecule has 5 nitrogen and oxygen atoms in total. The number of hydrogen-bond acceptors (Lipinski definition) is 5. The summed E-state index contributed by atoms with van der Waals surface area (Å²) in [5.74, 6) is -0.225. The van der Waals surface area contributed by atoms with Crippen molar-refractivity contribution in [2.75, 3.05) is 0 Å². The number of hydrogen-bond donors (Lipinski definition) is 0. The van der Waals surface area contributed by atoms with Crippen molar-refractivity contribution in [1.29, 1.82) is 0 Å². The molecule has 0 fully saturated rings. The molecular formula is C22H17Br5O5S2. The molecule has 0 aromatic heterocycles. The molecule has 3 rings (SSSR count). The lowest BCUT2D eigenvalue weighted by atomic mass is 10.0. The Morgan fingerprint density at radius 3 is 1.79 bits per heavy atom. The van der Waals surface area contributed by atoms with Crippen molar-refractivity contribution in [2.24, 2.45) is 0 Å². The third kappa shape index (κ3) is 7.57. The van der Waals surface area contributed by atoms with Gasteiger partial charge in [-0.2, -0.15) is 0 Å². The van der Waals surface area contributed by atoms with E-state index in [1.165, 1.54) is 12.1 Å². The van der Waals surface area contributed by atoms with Crippen molar-refractivity contribution >= 4 is 105 Å². The van der Waals surface area contributed by atoms with Crippen LogP contribution >= 0.6 is 79.6 Å². The molecule has 0 saturated carbocycles. The fourth-order valence-corrected chi connectivity index (χ4v) is 7.20. The summed E-state index contributed by atoms with van der Waals surface area (Å²) in [5, 5.41) is 0. The average molecular weight is 825 g/mol. The SMILES string of the molecule is Cc1cccc(S(=O)(=O)C(Br)Br)c1.O=C(c1ccccc1)c1cccc(S(=O)(=O)C(Br)(Br)Br)c1. The van der Waals surface area contributed by atoms with E-state index in [1.54, 1.807) is 54.6 Å². The molecule has 182 valence electrons. The standard InChI is InChI=1S/C14H9Br3O3S.C8H8Br2O2S/c15-14(16,17)21(19,20)12-8-4-7-11(9-12)13(18)10-5-2-1-3-6-10;1-6-3-2-4-7(5-6)13(11,12)8(9)10/h1-9H;2-5,8H,1H3. The first-order chi connectivity index (χ1) is 15.7. The molecule has 0 saturated heterocycles. The van der Waals surface area contributed by atoms with Gasteiger partial charge in [-0.3, -0.25) is 4.79 Å². The highest BCUT2D eigenvalue weighted by molar-refractivity contribution is 9.42. The fraction of sp³-hybridized carbons (Fsp3) is 0.136. The van der Waals surface area contributed by atoms with Crippen LogP contribution in [0.4, 0.5) is 0 Å². The van der Waals surface area contributed by atoms with Gasteiger partial charge in [-0.05, 0) is 84.5 Å². The van der Waals surface area contributed by atoms with E-state index >= 15 is 0 Å². The number of carbonyl (C=O) groups is 1. The molecule has 0 heterocycles. The van der Waals surface area contributed by atoms with Crippen LogP contribution in [0.2, 0.25) is 0 Å². The Labute approximate surface area is 241 Å². The van der Waals surface area contributed by atoms with Crippen LogP contribution in [-0.2, 0) is 19.7 Å². The third-order valence-electron chi connectivity index (χ3n) is 4.30. The number of ketones is 1. The van der Waals surface area contributed by atoms with Crippen molar-refractivity contribution < 1.29 is 21.6 Å². The van der Waals surface area contributed by atoms with Crippen LogP contribution in [0, 0.1) is 6.92 Å². The Morgan fingerprint density at radius 2 is 1.26 bits per heavy atom. The highest BCUT2D eigenvalue weighted by Crippen LogP contribution is 2.43. The number of benzene rings is 3. The Hall–Kier alpha value is -0.370. The quantitative estimate of drug-likeness (QED) is 0.199. The molecule has 34 heavy (non-hydrogen) atoms. The van der Waals surface area contributed by atoms with Crippen molar-refractivity contribution in [3.63, 3.8) is 0 Å². The lowest BCUT2D eigenvalue weighted by Gasteiger charge is -2.14. The highest BCUT2D eigenvalue weighted by atomic mass is 80.0. The van der Waals surface area contributed by atoms with Crippen molar-refractivity contribution in [1.82, 2.24) is 0 Å². The zero-order valence-electron chi connectivity index (χ0n) is 17.3. The fourth-order valence-electron chi connectivity index (χ4n) is 2.59. The molecule has 3 aromatic carbocycles. The van der Waals surface area contributed by atoms with Gasteiger partial charge in [0, 0.05) is 11.1 Å². The van der Waals surface area contributed by atoms with E-state index in [4.69, 9.17) is 0 Å². The average Bonchev–Trinajstić information content (AvgIpc) is 2.79. The highest BCUT2D eigenvalue weighted by Gasteiger charge is 2.37. The smallest absolute Gasteiger partial charge is 0.239 e. The molecule has 0 amide bonds. The second-order valence-electron chi connectivity index (χ2n) is 6.79. The van der Waals surface area contributed by atoms with Gasteiger partial charge in [0.2, 0.25) is 21.1 Å². The maximum atomic E-state index is 12.3. The maximum absolute atomic E-state index is 12.3. The number of carbonyl (C=O) groups excluding carboxylic acids is 1. The second-order valence-corrected chi connectivity index (χ2v) is 23.5. The summed E-state index contributed by atoms with van der Waals surface area (Å²) in [7, 11) is -6.98. The molecule has 3 aromatic rings. The minimum absolute atomic E-state index is 0.0370. The lowest BCUT2D eigenvalue weighted by molar-refractivity contribution is 0.103. The van der Waals surface area contributed by atoms with Crippen LogP contribution in [0.5, 0.6) is 0 Å². The zero-order valence-corrected chi connectivity index (χ0v) is 26.9. The molecule has 0 aliphatic heterocycles. The van der Waals surface area contributed by atoms with Gasteiger partial charge in [0.15, 0.2) is 8.85 Å². The first-order valence-electron chi connectivity index (χ1n) is 9.28. The van der Waals surface area contributed by atoms with Crippen molar-refractivity contribution in [3.05, 3.63) is 95.6 Å². The van der Waals surface area contributed by atoms with Crippen molar-refractivity contribution in [3.8, 4) is 0 Å². The van der Waals surface area contributed by atoms with Crippen LogP contribution in [0.15, 0.2) is 88.7 Å². The maximum Gasteiger partial charge on any atom is 0.239 e. The van der Waals surface area contributed by atoms with Gasteiger partial charge in [-0.25, -0.2) is 16.8 Å². The van der Waals surface area contributed by atoms with E-state index in [1.807, 2.05) is 19.1 Å². The number of halogens is 5. The Bertz CT molecular complexity index is 1370. The molecule has 0 atom stereocenters. The minimum Gasteiger partial charge on any atom is -0.289 e. The van der Waals surface area contributed by atoms with E-state index in [0.29, 0.717) is 16.0 Å². The van der Waals surface area contributed by atoms with Gasteiger partial charge < -0.3 is 0 Å². The number of rotatable bonds is 5. The molecule has 0 aliphatic carbocycles. The second kappa shape index (κ2) is 12.2. The summed E-state index contributed by atoms with van der Waals surface area (Å²) in [6, 6.07) is 21.5. The van der Waals surface area contributed by atoms with Crippen LogP contribution in [0.25, 0.3) is 0 Å². The summed E-state index contributed by atoms with van der Waals surface area (Å²) in [6.07, 6.45) is 0. The molecule has 0 unspecified atom stereocenters. The monoisotopic (exact) mass is 820 g/mol. The van der Waals surface area contributed by atoms with Gasteiger partial charge in [0.25, 0.3) is 0 Å². The zero-order chi connectivity index (χ0) is 25.7. The van der Waals surface area contributed by atoms with Crippen molar-refractivity contribution in [2.45, 2.75) is 21.3 Å². The van der Waals surface area contributed by atoms with E-state index in [2.05, 4.69) is 79.6 Å². The van der Waals surface area contributed by atoms with Crippen LogP contribution < -0.4 is 0 Å². The van der Waals surface area contributed by atoms with E-state index in [9.17, 15) is 21.6 Å². The number of sulfone groups is 2. The van der Waals surface area contributed by atoms with Crippen LogP contribution in [0.1, 0.15) is 21.5 Å². The molecular weight excluding hydrogens is 808 g/mol. The van der Waals surface area contributed by atoms with E-state index < -0.39 is 24.2 Å². The normalized spacial score (nSPS) is 12.1. The Balaban J connectivity index is 0.000000270. The number of alkyl halides is 5. The van der Waals surface area contributed by atoms with Gasteiger partial charge in [0.05, 0.1) is 9.79 Å². The van der Waals surface area contributed by atoms with Crippen LogP contribution in [-0.4, -0.2) is 27.2 Å². The molecule has 0 aliphatic rings. The Morgan fingerprint density at radius 1 is 0.735 bits per heavy atom. The van der Waals surface area contributed by atoms with Gasteiger partial charge in [0.1, 0.15) is 0 Å².